The van der Waals surface area contributed by atoms with Crippen LogP contribution in [-0.2, 0) is 9.53 Å². The van der Waals surface area contributed by atoms with Crippen molar-refractivity contribution in [2.75, 3.05) is 39.4 Å². The zero-order valence-electron chi connectivity index (χ0n) is 15.6. The Hall–Kier alpha value is -0.610. The minimum Gasteiger partial charge on any atom is -0.371 e. The van der Waals surface area contributed by atoms with Gasteiger partial charge in [-0.2, -0.15) is 0 Å². The summed E-state index contributed by atoms with van der Waals surface area (Å²) in [6.07, 6.45) is 4.70. The molecule has 134 valence electrons. The van der Waals surface area contributed by atoms with Crippen LogP contribution in [0.2, 0.25) is 0 Å². The van der Waals surface area contributed by atoms with Gasteiger partial charge in [0, 0.05) is 19.1 Å². The average Bonchev–Trinajstić information content (AvgIpc) is 2.55. The van der Waals surface area contributed by atoms with Crippen molar-refractivity contribution in [3.05, 3.63) is 0 Å². The van der Waals surface area contributed by atoms with E-state index in [1.54, 1.807) is 0 Å². The summed E-state index contributed by atoms with van der Waals surface area (Å²) in [5, 5.41) is 0. The Morgan fingerprint density at radius 3 is 2.13 bits per heavy atom. The van der Waals surface area contributed by atoms with Crippen LogP contribution < -0.4 is 0 Å². The fraction of sp³-hybridized carbons (Fsp3) is 0.947. The van der Waals surface area contributed by atoms with E-state index in [1.165, 1.54) is 25.9 Å². The van der Waals surface area contributed by atoms with E-state index in [2.05, 4.69) is 32.6 Å². The van der Waals surface area contributed by atoms with E-state index in [0.29, 0.717) is 12.0 Å². The van der Waals surface area contributed by atoms with Crippen molar-refractivity contribution in [3.8, 4) is 0 Å². The van der Waals surface area contributed by atoms with Crippen LogP contribution in [-0.4, -0.2) is 61.1 Å². The summed E-state index contributed by atoms with van der Waals surface area (Å²) in [5.41, 5.74) is 0. The molecule has 0 aromatic carbocycles. The van der Waals surface area contributed by atoms with Gasteiger partial charge < -0.3 is 14.5 Å². The molecule has 2 fully saturated rings. The predicted molar refractivity (Wildman–Crippen MR) is 94.4 cm³/mol. The molecule has 4 nitrogen and oxygen atoms in total. The zero-order valence-corrected chi connectivity index (χ0v) is 15.6. The number of amides is 1. The highest BCUT2D eigenvalue weighted by molar-refractivity contribution is 5.77. The standard InChI is InChI=1S/C19H36N2O2/c1-15(2)18-7-11-21(12-8-18)19(22)14-23-13-17-5-9-20(10-6-17)16(3)4/h15-18H,5-14H2,1-4H3. The highest BCUT2D eigenvalue weighted by atomic mass is 16.5. The van der Waals surface area contributed by atoms with E-state index in [4.69, 9.17) is 4.74 Å². The van der Waals surface area contributed by atoms with Crippen molar-refractivity contribution in [1.82, 2.24) is 9.80 Å². The SMILES string of the molecule is CC(C)C1CCN(C(=O)COCC2CCN(C(C)C)CC2)CC1. The zero-order chi connectivity index (χ0) is 16.8. The van der Waals surface area contributed by atoms with Gasteiger partial charge in [0.15, 0.2) is 0 Å². The first kappa shape index (κ1) is 18.7. The minimum absolute atomic E-state index is 0.187. The molecule has 0 radical (unpaired) electrons. The van der Waals surface area contributed by atoms with Crippen molar-refractivity contribution in [2.24, 2.45) is 17.8 Å². The van der Waals surface area contributed by atoms with Gasteiger partial charge in [-0.1, -0.05) is 13.8 Å². The van der Waals surface area contributed by atoms with Crippen LogP contribution in [0.3, 0.4) is 0 Å². The highest BCUT2D eigenvalue weighted by Crippen LogP contribution is 2.24. The van der Waals surface area contributed by atoms with Gasteiger partial charge in [0.1, 0.15) is 6.61 Å². The topological polar surface area (TPSA) is 32.8 Å². The van der Waals surface area contributed by atoms with Crippen LogP contribution in [0.4, 0.5) is 0 Å². The first-order valence-corrected chi connectivity index (χ1v) is 9.57. The van der Waals surface area contributed by atoms with Crippen molar-refractivity contribution in [1.29, 1.82) is 0 Å². The lowest BCUT2D eigenvalue weighted by Gasteiger charge is -2.35. The van der Waals surface area contributed by atoms with E-state index < -0.39 is 0 Å². The van der Waals surface area contributed by atoms with Gasteiger partial charge in [-0.15, -0.1) is 0 Å². The molecular formula is C19H36N2O2. The molecule has 4 heteroatoms. The van der Waals surface area contributed by atoms with Gasteiger partial charge >= 0.3 is 0 Å². The van der Waals surface area contributed by atoms with Gasteiger partial charge in [-0.25, -0.2) is 0 Å². The summed E-state index contributed by atoms with van der Waals surface area (Å²) >= 11 is 0. The number of nitrogens with zero attached hydrogens (tertiary/aromatic N) is 2. The number of ether oxygens (including phenoxy) is 1. The normalized spacial score (nSPS) is 22.3. The molecule has 2 heterocycles. The molecule has 2 rings (SSSR count). The number of likely N-dealkylation sites (tertiary alicyclic amines) is 2. The lowest BCUT2D eigenvalue weighted by atomic mass is 9.87. The molecule has 0 spiro atoms. The molecule has 0 unspecified atom stereocenters. The number of carbonyl (C=O) groups excluding carboxylic acids is 1. The third-order valence-corrected chi connectivity index (χ3v) is 5.79. The van der Waals surface area contributed by atoms with E-state index >= 15 is 0 Å². The molecule has 2 saturated heterocycles. The van der Waals surface area contributed by atoms with Gasteiger partial charge in [0.05, 0.1) is 6.61 Å². The van der Waals surface area contributed by atoms with Crippen molar-refractivity contribution in [3.63, 3.8) is 0 Å². The fourth-order valence-electron chi connectivity index (χ4n) is 3.86. The number of carbonyl (C=O) groups is 1. The van der Waals surface area contributed by atoms with Gasteiger partial charge in [0.25, 0.3) is 0 Å². The molecule has 2 aliphatic heterocycles. The number of hydrogen-bond acceptors (Lipinski definition) is 3. The maximum absolute atomic E-state index is 12.3. The number of piperidine rings is 2. The van der Waals surface area contributed by atoms with Crippen molar-refractivity contribution in [2.45, 2.75) is 59.4 Å². The Bertz CT molecular complexity index is 354. The van der Waals surface area contributed by atoms with Gasteiger partial charge in [0.2, 0.25) is 5.91 Å². The number of rotatable bonds is 6. The molecule has 0 atom stereocenters. The molecule has 0 bridgehead atoms. The average molecular weight is 325 g/mol. The van der Waals surface area contributed by atoms with Gasteiger partial charge in [-0.3, -0.25) is 4.79 Å². The van der Waals surface area contributed by atoms with E-state index in [0.717, 1.165) is 44.4 Å². The van der Waals surface area contributed by atoms with Crippen LogP contribution in [0.15, 0.2) is 0 Å². The molecule has 0 aromatic rings. The Balaban J connectivity index is 1.59. The predicted octanol–water partition coefficient (Wildman–Crippen LogP) is 3.02. The van der Waals surface area contributed by atoms with E-state index in [1.807, 2.05) is 4.90 Å². The third kappa shape index (κ3) is 5.75. The maximum atomic E-state index is 12.3. The Morgan fingerprint density at radius 1 is 1.00 bits per heavy atom. The first-order valence-electron chi connectivity index (χ1n) is 9.57. The molecule has 0 saturated carbocycles. The smallest absolute Gasteiger partial charge is 0.248 e. The summed E-state index contributed by atoms with van der Waals surface area (Å²) in [4.78, 5) is 16.8. The second-order valence-corrected chi connectivity index (χ2v) is 8.05. The summed E-state index contributed by atoms with van der Waals surface area (Å²) in [5.74, 6) is 2.34. The van der Waals surface area contributed by atoms with Crippen molar-refractivity contribution < 1.29 is 9.53 Å². The molecule has 1 amide bonds. The van der Waals surface area contributed by atoms with Crippen LogP contribution in [0.25, 0.3) is 0 Å². The summed E-state index contributed by atoms with van der Waals surface area (Å²) in [7, 11) is 0. The van der Waals surface area contributed by atoms with Crippen molar-refractivity contribution >= 4 is 5.91 Å². The Kier molecular flexibility index (Phi) is 7.35. The number of hydrogen-bond donors (Lipinski definition) is 0. The monoisotopic (exact) mass is 324 g/mol. The van der Waals surface area contributed by atoms with Crippen LogP contribution >= 0.6 is 0 Å². The lowest BCUT2D eigenvalue weighted by Crippen LogP contribution is -2.42. The lowest BCUT2D eigenvalue weighted by molar-refractivity contribution is -0.138. The second-order valence-electron chi connectivity index (χ2n) is 8.05. The van der Waals surface area contributed by atoms with E-state index in [9.17, 15) is 4.79 Å². The van der Waals surface area contributed by atoms with Crippen LogP contribution in [0.5, 0.6) is 0 Å². The molecule has 0 N–H and O–H groups in total. The minimum atomic E-state index is 0.187. The Morgan fingerprint density at radius 2 is 1.61 bits per heavy atom. The summed E-state index contributed by atoms with van der Waals surface area (Å²) in [6, 6.07) is 0.646. The quantitative estimate of drug-likeness (QED) is 0.753. The molecule has 2 aliphatic rings. The summed E-state index contributed by atoms with van der Waals surface area (Å²) < 4.78 is 5.75. The molecule has 0 aliphatic carbocycles. The van der Waals surface area contributed by atoms with Crippen LogP contribution in [0, 0.1) is 17.8 Å². The largest absolute Gasteiger partial charge is 0.371 e. The highest BCUT2D eigenvalue weighted by Gasteiger charge is 2.25. The third-order valence-electron chi connectivity index (χ3n) is 5.79. The first-order chi connectivity index (χ1) is 11.0. The van der Waals surface area contributed by atoms with Crippen LogP contribution in [0.1, 0.15) is 53.4 Å². The maximum Gasteiger partial charge on any atom is 0.248 e. The molecule has 0 aromatic heterocycles. The van der Waals surface area contributed by atoms with E-state index in [-0.39, 0.29) is 12.5 Å². The fourth-order valence-corrected chi connectivity index (χ4v) is 3.86. The molecular weight excluding hydrogens is 288 g/mol. The molecule has 23 heavy (non-hydrogen) atoms. The Labute approximate surface area is 142 Å². The summed E-state index contributed by atoms with van der Waals surface area (Å²) in [6.45, 7) is 14.3. The second kappa shape index (κ2) is 9.03. The van der Waals surface area contributed by atoms with Gasteiger partial charge in [-0.05, 0) is 70.4 Å².